The molecule has 2 unspecified atom stereocenters. The molecule has 1 aromatic rings. The monoisotopic (exact) mass is 277 g/mol. The molecule has 0 radical (unpaired) electrons. The maximum atomic E-state index is 6.02. The largest absolute Gasteiger partial charge is 0.491 e. The van der Waals surface area contributed by atoms with Gasteiger partial charge >= 0.3 is 0 Å². The SMILES string of the molecule is CCc1ccccc1OCC1CCC(CNC(C)C)O1. The van der Waals surface area contributed by atoms with Crippen LogP contribution in [0.25, 0.3) is 0 Å². The molecule has 3 nitrogen and oxygen atoms in total. The van der Waals surface area contributed by atoms with Crippen LogP contribution in [0.3, 0.4) is 0 Å². The lowest BCUT2D eigenvalue weighted by molar-refractivity contribution is 0.0177. The zero-order valence-corrected chi connectivity index (χ0v) is 12.9. The van der Waals surface area contributed by atoms with Gasteiger partial charge in [0.1, 0.15) is 12.4 Å². The first-order valence-electron chi connectivity index (χ1n) is 7.78. The Balaban J connectivity index is 1.75. The van der Waals surface area contributed by atoms with Crippen LogP contribution >= 0.6 is 0 Å². The second-order valence-corrected chi connectivity index (χ2v) is 5.79. The van der Waals surface area contributed by atoms with Gasteiger partial charge in [0, 0.05) is 12.6 Å². The Kier molecular flexibility index (Phi) is 5.86. The van der Waals surface area contributed by atoms with Gasteiger partial charge in [0.05, 0.1) is 12.2 Å². The number of ether oxygens (including phenoxy) is 2. The maximum Gasteiger partial charge on any atom is 0.122 e. The van der Waals surface area contributed by atoms with E-state index < -0.39 is 0 Å². The van der Waals surface area contributed by atoms with Crippen LogP contribution in [0.5, 0.6) is 5.75 Å². The second-order valence-electron chi connectivity index (χ2n) is 5.79. The molecule has 0 saturated carbocycles. The summed E-state index contributed by atoms with van der Waals surface area (Å²) in [7, 11) is 0. The third-order valence-electron chi connectivity index (χ3n) is 3.73. The molecule has 0 aliphatic carbocycles. The van der Waals surface area contributed by atoms with Gasteiger partial charge in [-0.3, -0.25) is 0 Å². The average Bonchev–Trinajstić information content (AvgIpc) is 2.91. The standard InChI is InChI=1S/C17H27NO2/c1-4-14-7-5-6-8-17(14)19-12-16-10-9-15(20-16)11-18-13(2)3/h5-8,13,15-16,18H,4,9-12H2,1-3H3. The highest BCUT2D eigenvalue weighted by Crippen LogP contribution is 2.23. The molecule has 1 aromatic carbocycles. The molecule has 2 atom stereocenters. The number of nitrogens with one attached hydrogen (secondary N) is 1. The number of para-hydroxylation sites is 1. The first kappa shape index (κ1) is 15.3. The first-order chi connectivity index (χ1) is 9.69. The van der Waals surface area contributed by atoms with Crippen LogP contribution < -0.4 is 10.1 Å². The predicted molar refractivity (Wildman–Crippen MR) is 82.3 cm³/mol. The van der Waals surface area contributed by atoms with Crippen molar-refractivity contribution >= 4 is 0 Å². The van der Waals surface area contributed by atoms with Crippen molar-refractivity contribution in [3.8, 4) is 5.75 Å². The molecule has 1 aliphatic rings. The van der Waals surface area contributed by atoms with Gasteiger partial charge in [-0.1, -0.05) is 39.0 Å². The molecule has 3 heteroatoms. The quantitative estimate of drug-likeness (QED) is 0.830. The van der Waals surface area contributed by atoms with Crippen molar-refractivity contribution in [2.75, 3.05) is 13.2 Å². The van der Waals surface area contributed by atoms with Crippen molar-refractivity contribution in [1.29, 1.82) is 0 Å². The summed E-state index contributed by atoms with van der Waals surface area (Å²) >= 11 is 0. The van der Waals surface area contributed by atoms with Crippen LogP contribution in [0.15, 0.2) is 24.3 Å². The van der Waals surface area contributed by atoms with E-state index in [1.807, 2.05) is 12.1 Å². The summed E-state index contributed by atoms with van der Waals surface area (Å²) in [4.78, 5) is 0. The molecule has 20 heavy (non-hydrogen) atoms. The van der Waals surface area contributed by atoms with Gasteiger partial charge in [-0.15, -0.1) is 0 Å². The van der Waals surface area contributed by atoms with E-state index in [1.54, 1.807) is 0 Å². The lowest BCUT2D eigenvalue weighted by atomic mass is 10.1. The topological polar surface area (TPSA) is 30.5 Å². The van der Waals surface area contributed by atoms with Crippen molar-refractivity contribution in [3.63, 3.8) is 0 Å². The van der Waals surface area contributed by atoms with Crippen LogP contribution in [-0.4, -0.2) is 31.4 Å². The fourth-order valence-corrected chi connectivity index (χ4v) is 2.54. The van der Waals surface area contributed by atoms with E-state index >= 15 is 0 Å². The predicted octanol–water partition coefficient (Wildman–Crippen LogP) is 3.17. The highest BCUT2D eigenvalue weighted by Gasteiger charge is 2.25. The van der Waals surface area contributed by atoms with Gasteiger partial charge in [-0.2, -0.15) is 0 Å². The Morgan fingerprint density at radius 1 is 1.25 bits per heavy atom. The Morgan fingerprint density at radius 3 is 2.75 bits per heavy atom. The van der Waals surface area contributed by atoms with Crippen LogP contribution in [-0.2, 0) is 11.2 Å². The summed E-state index contributed by atoms with van der Waals surface area (Å²) in [6, 6.07) is 8.78. The van der Waals surface area contributed by atoms with Gasteiger partial charge < -0.3 is 14.8 Å². The van der Waals surface area contributed by atoms with E-state index in [0.717, 1.165) is 31.6 Å². The molecule has 2 rings (SSSR count). The molecule has 1 fully saturated rings. The smallest absolute Gasteiger partial charge is 0.122 e. The molecule has 1 saturated heterocycles. The van der Waals surface area contributed by atoms with E-state index in [1.165, 1.54) is 5.56 Å². The minimum atomic E-state index is 0.235. The summed E-state index contributed by atoms with van der Waals surface area (Å²) < 4.78 is 12.0. The number of aryl methyl sites for hydroxylation is 1. The Labute approximate surface area is 122 Å². The van der Waals surface area contributed by atoms with Gasteiger partial charge in [0.15, 0.2) is 0 Å². The molecular formula is C17H27NO2. The van der Waals surface area contributed by atoms with Crippen molar-refractivity contribution in [1.82, 2.24) is 5.32 Å². The zero-order valence-electron chi connectivity index (χ0n) is 12.9. The zero-order chi connectivity index (χ0) is 14.4. The second kappa shape index (κ2) is 7.65. The number of hydrogen-bond acceptors (Lipinski definition) is 3. The third kappa shape index (κ3) is 4.50. The van der Waals surface area contributed by atoms with Gasteiger partial charge in [-0.05, 0) is 30.9 Å². The minimum Gasteiger partial charge on any atom is -0.491 e. The molecular weight excluding hydrogens is 250 g/mol. The molecule has 0 spiro atoms. The summed E-state index contributed by atoms with van der Waals surface area (Å²) in [5.41, 5.74) is 1.27. The number of benzene rings is 1. The van der Waals surface area contributed by atoms with Gasteiger partial charge in [0.2, 0.25) is 0 Å². The van der Waals surface area contributed by atoms with Crippen molar-refractivity contribution in [3.05, 3.63) is 29.8 Å². The van der Waals surface area contributed by atoms with Crippen LogP contribution in [0.4, 0.5) is 0 Å². The normalized spacial score (nSPS) is 22.4. The Hall–Kier alpha value is -1.06. The third-order valence-corrected chi connectivity index (χ3v) is 3.73. The highest BCUT2D eigenvalue weighted by atomic mass is 16.5. The molecule has 1 heterocycles. The molecule has 112 valence electrons. The molecule has 0 amide bonds. The molecule has 0 aromatic heterocycles. The van der Waals surface area contributed by atoms with Gasteiger partial charge in [0.25, 0.3) is 0 Å². The Bertz CT molecular complexity index is 406. The molecule has 0 bridgehead atoms. The van der Waals surface area contributed by atoms with Crippen molar-refractivity contribution in [2.45, 2.75) is 58.3 Å². The summed E-state index contributed by atoms with van der Waals surface area (Å²) in [6.45, 7) is 8.09. The fraction of sp³-hybridized carbons (Fsp3) is 0.647. The van der Waals surface area contributed by atoms with E-state index in [0.29, 0.717) is 18.8 Å². The average molecular weight is 277 g/mol. The van der Waals surface area contributed by atoms with E-state index in [-0.39, 0.29) is 6.10 Å². The van der Waals surface area contributed by atoms with Crippen LogP contribution in [0, 0.1) is 0 Å². The summed E-state index contributed by atoms with van der Waals surface area (Å²) in [5.74, 6) is 1.00. The summed E-state index contributed by atoms with van der Waals surface area (Å²) in [6.07, 6.45) is 3.80. The van der Waals surface area contributed by atoms with E-state index in [9.17, 15) is 0 Å². The Morgan fingerprint density at radius 2 is 2.00 bits per heavy atom. The number of rotatable bonds is 7. The van der Waals surface area contributed by atoms with E-state index in [2.05, 4.69) is 38.2 Å². The highest BCUT2D eigenvalue weighted by molar-refractivity contribution is 5.33. The molecule has 1 N–H and O–H groups in total. The lowest BCUT2D eigenvalue weighted by Crippen LogP contribution is -2.32. The van der Waals surface area contributed by atoms with Crippen molar-refractivity contribution < 1.29 is 9.47 Å². The van der Waals surface area contributed by atoms with Crippen molar-refractivity contribution in [2.24, 2.45) is 0 Å². The number of hydrogen-bond donors (Lipinski definition) is 1. The van der Waals surface area contributed by atoms with Gasteiger partial charge in [-0.25, -0.2) is 0 Å². The molecule has 1 aliphatic heterocycles. The van der Waals surface area contributed by atoms with Crippen LogP contribution in [0.1, 0.15) is 39.2 Å². The summed E-state index contributed by atoms with van der Waals surface area (Å²) in [5, 5.41) is 3.43. The maximum absolute atomic E-state index is 6.02. The van der Waals surface area contributed by atoms with Crippen LogP contribution in [0.2, 0.25) is 0 Å². The lowest BCUT2D eigenvalue weighted by Gasteiger charge is -2.17. The fourth-order valence-electron chi connectivity index (χ4n) is 2.54. The minimum absolute atomic E-state index is 0.235. The first-order valence-corrected chi connectivity index (χ1v) is 7.78. The van der Waals surface area contributed by atoms with E-state index in [4.69, 9.17) is 9.47 Å².